The Morgan fingerprint density at radius 3 is 3.06 bits per heavy atom. The lowest BCUT2D eigenvalue weighted by Crippen LogP contribution is -2.12. The van der Waals surface area contributed by atoms with E-state index >= 15 is 0 Å². The van der Waals surface area contributed by atoms with Crippen molar-refractivity contribution in [1.82, 2.24) is 10.2 Å². The molecule has 0 bridgehead atoms. The summed E-state index contributed by atoms with van der Waals surface area (Å²) in [5.74, 6) is 0.592. The number of carbonyl (C=O) groups excluding carboxylic acids is 1. The monoisotopic (exact) mass is 239 g/mol. The quantitative estimate of drug-likeness (QED) is 0.683. The average Bonchev–Trinajstić information content (AvgIpc) is 2.73. The summed E-state index contributed by atoms with van der Waals surface area (Å²) >= 11 is 0. The number of rotatable bonds is 8. The van der Waals surface area contributed by atoms with Crippen LogP contribution in [-0.2, 0) is 16.0 Å². The Bertz CT molecular complexity index is 336. The van der Waals surface area contributed by atoms with E-state index in [1.165, 1.54) is 0 Å². The largest absolute Gasteiger partial charge is 0.382 e. The third-order valence-electron chi connectivity index (χ3n) is 2.31. The molecule has 1 aromatic heterocycles. The van der Waals surface area contributed by atoms with Crippen molar-refractivity contribution in [3.63, 3.8) is 0 Å². The lowest BCUT2D eigenvalue weighted by molar-refractivity contribution is -0.116. The van der Waals surface area contributed by atoms with Gasteiger partial charge >= 0.3 is 0 Å². The van der Waals surface area contributed by atoms with Crippen LogP contribution in [0.4, 0.5) is 5.82 Å². The Morgan fingerprint density at radius 2 is 2.35 bits per heavy atom. The van der Waals surface area contributed by atoms with E-state index < -0.39 is 0 Å². The van der Waals surface area contributed by atoms with E-state index in [4.69, 9.17) is 4.74 Å². The van der Waals surface area contributed by atoms with Gasteiger partial charge in [-0.05, 0) is 19.8 Å². The molecule has 0 aromatic carbocycles. The van der Waals surface area contributed by atoms with Gasteiger partial charge in [-0.3, -0.25) is 9.89 Å². The minimum absolute atomic E-state index is 0.0146. The van der Waals surface area contributed by atoms with Crippen molar-refractivity contribution in [3.05, 3.63) is 11.8 Å². The Labute approximate surface area is 102 Å². The molecule has 1 amide bonds. The molecule has 1 rings (SSSR count). The highest BCUT2D eigenvalue weighted by Crippen LogP contribution is 2.07. The summed E-state index contributed by atoms with van der Waals surface area (Å²) in [5, 5.41) is 9.69. The molecule has 2 N–H and O–H groups in total. The van der Waals surface area contributed by atoms with Gasteiger partial charge in [0.15, 0.2) is 5.82 Å². The van der Waals surface area contributed by atoms with Crippen molar-refractivity contribution in [2.45, 2.75) is 39.5 Å². The highest BCUT2D eigenvalue weighted by Gasteiger charge is 2.05. The lowest BCUT2D eigenvalue weighted by Gasteiger charge is -2.01. The summed E-state index contributed by atoms with van der Waals surface area (Å²) in [4.78, 5) is 11.5. The van der Waals surface area contributed by atoms with E-state index in [1.807, 2.05) is 13.0 Å². The first-order chi connectivity index (χ1) is 8.26. The van der Waals surface area contributed by atoms with Crippen LogP contribution in [0.3, 0.4) is 0 Å². The standard InChI is InChI=1S/C12H21N3O2/c1-3-6-10-9-11(15-14-10)13-12(16)7-5-8-17-4-2/h9H,3-8H2,1-2H3,(H2,13,14,15,16). The Kier molecular flexibility index (Phi) is 6.32. The molecular weight excluding hydrogens is 218 g/mol. The maximum Gasteiger partial charge on any atom is 0.225 e. The van der Waals surface area contributed by atoms with Crippen molar-refractivity contribution in [1.29, 1.82) is 0 Å². The number of hydrogen-bond acceptors (Lipinski definition) is 3. The van der Waals surface area contributed by atoms with Crippen LogP contribution in [-0.4, -0.2) is 29.3 Å². The fraction of sp³-hybridized carbons (Fsp3) is 0.667. The second-order valence-electron chi connectivity index (χ2n) is 3.88. The molecule has 0 aliphatic carbocycles. The third kappa shape index (κ3) is 5.49. The Balaban J connectivity index is 2.24. The van der Waals surface area contributed by atoms with Gasteiger partial charge in [0.05, 0.1) is 0 Å². The number of amides is 1. The first-order valence-corrected chi connectivity index (χ1v) is 6.18. The van der Waals surface area contributed by atoms with Gasteiger partial charge in [0, 0.05) is 31.4 Å². The SMILES string of the molecule is CCCc1cc(NC(=O)CCCOCC)n[nH]1. The summed E-state index contributed by atoms with van der Waals surface area (Å²) < 4.78 is 5.17. The van der Waals surface area contributed by atoms with Gasteiger partial charge in [-0.15, -0.1) is 0 Å². The lowest BCUT2D eigenvalue weighted by atomic mass is 10.2. The second-order valence-corrected chi connectivity index (χ2v) is 3.88. The predicted molar refractivity (Wildman–Crippen MR) is 66.9 cm³/mol. The molecule has 1 aromatic rings. The maximum atomic E-state index is 11.5. The second kappa shape index (κ2) is 7.84. The molecule has 0 saturated carbocycles. The topological polar surface area (TPSA) is 67.0 Å². The minimum atomic E-state index is -0.0146. The van der Waals surface area contributed by atoms with Crippen LogP contribution in [0.15, 0.2) is 6.07 Å². The molecule has 1 heterocycles. The first kappa shape index (κ1) is 13.7. The number of ether oxygens (including phenoxy) is 1. The fourth-order valence-electron chi connectivity index (χ4n) is 1.51. The van der Waals surface area contributed by atoms with Crippen molar-refractivity contribution in [3.8, 4) is 0 Å². The molecule has 0 atom stereocenters. The van der Waals surface area contributed by atoms with E-state index in [1.54, 1.807) is 0 Å². The van der Waals surface area contributed by atoms with Crippen molar-refractivity contribution < 1.29 is 9.53 Å². The van der Waals surface area contributed by atoms with Gasteiger partial charge in [0.2, 0.25) is 5.91 Å². The summed E-state index contributed by atoms with van der Waals surface area (Å²) in [6.07, 6.45) is 3.22. The zero-order valence-electron chi connectivity index (χ0n) is 10.6. The minimum Gasteiger partial charge on any atom is -0.382 e. The van der Waals surface area contributed by atoms with Gasteiger partial charge in [-0.1, -0.05) is 13.3 Å². The maximum absolute atomic E-state index is 11.5. The normalized spacial score (nSPS) is 10.5. The highest BCUT2D eigenvalue weighted by atomic mass is 16.5. The van der Waals surface area contributed by atoms with Crippen LogP contribution in [0.1, 0.15) is 38.8 Å². The number of nitrogens with one attached hydrogen (secondary N) is 2. The summed E-state index contributed by atoms with van der Waals surface area (Å²) in [7, 11) is 0. The smallest absolute Gasteiger partial charge is 0.225 e. The number of aromatic nitrogens is 2. The van der Waals surface area contributed by atoms with Crippen molar-refractivity contribution >= 4 is 11.7 Å². The molecule has 0 aliphatic heterocycles. The number of nitrogens with zero attached hydrogens (tertiary/aromatic N) is 1. The summed E-state index contributed by atoms with van der Waals surface area (Å²) in [6, 6.07) is 1.88. The van der Waals surface area contributed by atoms with E-state index in [0.717, 1.165) is 25.0 Å². The number of aryl methyl sites for hydroxylation is 1. The van der Waals surface area contributed by atoms with Crippen LogP contribution in [0.5, 0.6) is 0 Å². The number of anilines is 1. The Morgan fingerprint density at radius 1 is 1.53 bits per heavy atom. The van der Waals surface area contributed by atoms with Gasteiger partial charge < -0.3 is 10.1 Å². The summed E-state index contributed by atoms with van der Waals surface area (Å²) in [5.41, 5.74) is 1.05. The van der Waals surface area contributed by atoms with Gasteiger partial charge in [-0.25, -0.2) is 0 Å². The van der Waals surface area contributed by atoms with Crippen LogP contribution < -0.4 is 5.32 Å². The van der Waals surface area contributed by atoms with Crippen molar-refractivity contribution in [2.75, 3.05) is 18.5 Å². The number of carbonyl (C=O) groups is 1. The van der Waals surface area contributed by atoms with E-state index in [0.29, 0.717) is 25.5 Å². The summed E-state index contributed by atoms with van der Waals surface area (Å²) in [6.45, 7) is 5.37. The molecular formula is C12H21N3O2. The van der Waals surface area contributed by atoms with Crippen molar-refractivity contribution in [2.24, 2.45) is 0 Å². The molecule has 0 saturated heterocycles. The van der Waals surface area contributed by atoms with Gasteiger partial charge in [-0.2, -0.15) is 5.10 Å². The third-order valence-corrected chi connectivity index (χ3v) is 2.31. The first-order valence-electron chi connectivity index (χ1n) is 6.18. The molecule has 5 heteroatoms. The molecule has 5 nitrogen and oxygen atoms in total. The van der Waals surface area contributed by atoms with Gasteiger partial charge in [0.1, 0.15) is 0 Å². The molecule has 0 spiro atoms. The van der Waals surface area contributed by atoms with Crippen LogP contribution in [0, 0.1) is 0 Å². The number of aromatic amines is 1. The average molecular weight is 239 g/mol. The molecule has 0 aliphatic rings. The number of hydrogen-bond donors (Lipinski definition) is 2. The molecule has 0 fully saturated rings. The van der Waals surface area contributed by atoms with E-state index in [2.05, 4.69) is 22.4 Å². The molecule has 17 heavy (non-hydrogen) atoms. The van der Waals surface area contributed by atoms with Crippen LogP contribution >= 0.6 is 0 Å². The van der Waals surface area contributed by atoms with Crippen LogP contribution in [0.2, 0.25) is 0 Å². The fourth-order valence-corrected chi connectivity index (χ4v) is 1.51. The molecule has 96 valence electrons. The predicted octanol–water partition coefficient (Wildman–Crippen LogP) is 2.12. The van der Waals surface area contributed by atoms with Crippen LogP contribution in [0.25, 0.3) is 0 Å². The molecule has 0 unspecified atom stereocenters. The molecule has 0 radical (unpaired) electrons. The number of H-pyrrole nitrogens is 1. The van der Waals surface area contributed by atoms with Gasteiger partial charge in [0.25, 0.3) is 0 Å². The zero-order chi connectivity index (χ0) is 12.5. The Hall–Kier alpha value is -1.36. The highest BCUT2D eigenvalue weighted by molar-refractivity contribution is 5.89. The van der Waals surface area contributed by atoms with E-state index in [-0.39, 0.29) is 5.91 Å². The zero-order valence-corrected chi connectivity index (χ0v) is 10.6. The van der Waals surface area contributed by atoms with E-state index in [9.17, 15) is 4.79 Å².